The molecule has 1 aliphatic rings. The smallest absolute Gasteiger partial charge is 0.0272 e. The zero-order valence-corrected chi connectivity index (χ0v) is 12.0. The molecule has 3 unspecified atom stereocenters. The summed E-state index contributed by atoms with van der Waals surface area (Å²) in [5, 5.41) is 0. The Morgan fingerprint density at radius 3 is 2.56 bits per heavy atom. The van der Waals surface area contributed by atoms with Crippen molar-refractivity contribution in [2.75, 3.05) is 0 Å². The molecule has 0 N–H and O–H groups in total. The van der Waals surface area contributed by atoms with Gasteiger partial charge in [0.15, 0.2) is 0 Å². The fraction of sp³-hybridized carbons (Fsp3) is 1.00. The number of unbranched alkanes of at least 4 members (excludes halogenated alkanes) is 2. The molecule has 0 radical (unpaired) electrons. The molecule has 0 nitrogen and oxygen atoms in total. The zero-order chi connectivity index (χ0) is 12.0. The topological polar surface area (TPSA) is 0 Å². The van der Waals surface area contributed by atoms with Crippen molar-refractivity contribution in [3.05, 3.63) is 0 Å². The van der Waals surface area contributed by atoms with Gasteiger partial charge in [-0.15, -0.1) is 0 Å². The van der Waals surface area contributed by atoms with Crippen LogP contribution in [0.1, 0.15) is 85.5 Å². The van der Waals surface area contributed by atoms with E-state index < -0.39 is 0 Å². The fourth-order valence-corrected chi connectivity index (χ4v) is 3.76. The van der Waals surface area contributed by atoms with Crippen molar-refractivity contribution in [3.63, 3.8) is 0 Å². The summed E-state index contributed by atoms with van der Waals surface area (Å²) in [6.45, 7) is 9.75. The van der Waals surface area contributed by atoms with Crippen molar-refractivity contribution in [2.45, 2.75) is 85.5 Å². The Hall–Kier alpha value is 0. The molecule has 0 heterocycles. The first-order valence-corrected chi connectivity index (χ1v) is 7.65. The molecule has 0 aromatic rings. The molecule has 0 heteroatoms. The molecule has 0 aliphatic heterocycles. The number of rotatable bonds is 7. The first-order chi connectivity index (χ1) is 7.65. The summed E-state index contributed by atoms with van der Waals surface area (Å²) < 4.78 is 0. The van der Waals surface area contributed by atoms with Gasteiger partial charge in [0.05, 0.1) is 0 Å². The molecule has 1 rings (SSSR count). The Labute approximate surface area is 103 Å². The lowest BCUT2D eigenvalue weighted by atomic mass is 9.67. The Morgan fingerprint density at radius 1 is 1.19 bits per heavy atom. The average Bonchev–Trinajstić information content (AvgIpc) is 2.63. The highest BCUT2D eigenvalue weighted by Crippen LogP contribution is 2.51. The van der Waals surface area contributed by atoms with Crippen molar-refractivity contribution >= 4 is 0 Å². The third kappa shape index (κ3) is 3.25. The molecule has 1 fully saturated rings. The highest BCUT2D eigenvalue weighted by molar-refractivity contribution is 4.91. The lowest BCUT2D eigenvalue weighted by molar-refractivity contribution is 0.118. The van der Waals surface area contributed by atoms with E-state index >= 15 is 0 Å². The standard InChI is InChI=1S/C16H32/c1-5-7-8-11-14(3)16(4)13-9-12-15(16)10-6-2/h14-15H,5-13H2,1-4H3. The number of hydrogen-bond donors (Lipinski definition) is 0. The van der Waals surface area contributed by atoms with E-state index in [2.05, 4.69) is 27.7 Å². The second-order valence-electron chi connectivity index (χ2n) is 6.28. The normalized spacial score (nSPS) is 31.9. The van der Waals surface area contributed by atoms with E-state index in [9.17, 15) is 0 Å². The molecule has 0 aromatic carbocycles. The van der Waals surface area contributed by atoms with Gasteiger partial charge < -0.3 is 0 Å². The second kappa shape index (κ2) is 6.67. The summed E-state index contributed by atoms with van der Waals surface area (Å²) >= 11 is 0. The van der Waals surface area contributed by atoms with Gasteiger partial charge in [-0.25, -0.2) is 0 Å². The summed E-state index contributed by atoms with van der Waals surface area (Å²) in [4.78, 5) is 0. The van der Waals surface area contributed by atoms with E-state index in [0.29, 0.717) is 5.41 Å². The molecule has 1 aliphatic carbocycles. The quantitative estimate of drug-likeness (QED) is 0.479. The SMILES string of the molecule is CCCCCC(C)C1(C)CCCC1CCC. The molecule has 0 spiro atoms. The van der Waals surface area contributed by atoms with E-state index in [1.54, 1.807) is 0 Å². The highest BCUT2D eigenvalue weighted by atomic mass is 14.5. The summed E-state index contributed by atoms with van der Waals surface area (Å²) in [5.74, 6) is 1.97. The first-order valence-electron chi connectivity index (χ1n) is 7.65. The summed E-state index contributed by atoms with van der Waals surface area (Å²) in [5.41, 5.74) is 0.670. The van der Waals surface area contributed by atoms with Gasteiger partial charge in [-0.1, -0.05) is 72.6 Å². The van der Waals surface area contributed by atoms with Crippen molar-refractivity contribution in [1.29, 1.82) is 0 Å². The lowest BCUT2D eigenvalue weighted by Gasteiger charge is -2.38. The van der Waals surface area contributed by atoms with E-state index in [4.69, 9.17) is 0 Å². The second-order valence-corrected chi connectivity index (χ2v) is 6.28. The molecule has 1 saturated carbocycles. The van der Waals surface area contributed by atoms with Crippen LogP contribution in [0.3, 0.4) is 0 Å². The minimum atomic E-state index is 0.670. The largest absolute Gasteiger partial charge is 0.0654 e. The maximum atomic E-state index is 2.58. The molecule has 0 amide bonds. The van der Waals surface area contributed by atoms with Crippen molar-refractivity contribution < 1.29 is 0 Å². The van der Waals surface area contributed by atoms with Crippen molar-refractivity contribution in [1.82, 2.24) is 0 Å². The van der Waals surface area contributed by atoms with Gasteiger partial charge in [0.2, 0.25) is 0 Å². The summed E-state index contributed by atoms with van der Waals surface area (Å²) in [6.07, 6.45) is 13.0. The molecule has 3 atom stereocenters. The molecule has 0 saturated heterocycles. The van der Waals surface area contributed by atoms with Crippen LogP contribution in [0, 0.1) is 17.3 Å². The minimum Gasteiger partial charge on any atom is -0.0654 e. The third-order valence-corrected chi connectivity index (χ3v) is 5.20. The molecule has 0 aromatic heterocycles. The van der Waals surface area contributed by atoms with Gasteiger partial charge in [0.1, 0.15) is 0 Å². The third-order valence-electron chi connectivity index (χ3n) is 5.20. The highest BCUT2D eigenvalue weighted by Gasteiger charge is 2.41. The first kappa shape index (κ1) is 14.1. The van der Waals surface area contributed by atoms with Gasteiger partial charge in [0, 0.05) is 0 Å². The van der Waals surface area contributed by atoms with Gasteiger partial charge >= 0.3 is 0 Å². The van der Waals surface area contributed by atoms with Crippen LogP contribution < -0.4 is 0 Å². The Morgan fingerprint density at radius 2 is 1.94 bits per heavy atom. The van der Waals surface area contributed by atoms with Crippen LogP contribution in [0.4, 0.5) is 0 Å². The monoisotopic (exact) mass is 224 g/mol. The molecule has 96 valence electrons. The molecular formula is C16H32. The molecule has 16 heavy (non-hydrogen) atoms. The van der Waals surface area contributed by atoms with E-state index in [0.717, 1.165) is 11.8 Å². The number of hydrogen-bond acceptors (Lipinski definition) is 0. The van der Waals surface area contributed by atoms with E-state index in [1.165, 1.54) is 57.8 Å². The van der Waals surface area contributed by atoms with Gasteiger partial charge in [0.25, 0.3) is 0 Å². The molecule has 0 bridgehead atoms. The predicted molar refractivity (Wildman–Crippen MR) is 73.7 cm³/mol. The Balaban J connectivity index is 2.46. The predicted octanol–water partition coefficient (Wildman–Crippen LogP) is 5.81. The fourth-order valence-electron chi connectivity index (χ4n) is 3.76. The van der Waals surface area contributed by atoms with Crippen LogP contribution in [0.2, 0.25) is 0 Å². The van der Waals surface area contributed by atoms with Gasteiger partial charge in [-0.05, 0) is 30.1 Å². The minimum absolute atomic E-state index is 0.670. The van der Waals surface area contributed by atoms with Gasteiger partial charge in [-0.2, -0.15) is 0 Å². The van der Waals surface area contributed by atoms with Crippen molar-refractivity contribution in [2.24, 2.45) is 17.3 Å². The summed E-state index contributed by atoms with van der Waals surface area (Å²) in [6, 6.07) is 0. The van der Waals surface area contributed by atoms with Crippen LogP contribution >= 0.6 is 0 Å². The van der Waals surface area contributed by atoms with Crippen molar-refractivity contribution in [3.8, 4) is 0 Å². The Bertz CT molecular complexity index is 184. The summed E-state index contributed by atoms with van der Waals surface area (Å²) in [7, 11) is 0. The maximum absolute atomic E-state index is 2.58. The average molecular weight is 224 g/mol. The van der Waals surface area contributed by atoms with E-state index in [-0.39, 0.29) is 0 Å². The lowest BCUT2D eigenvalue weighted by Crippen LogP contribution is -2.29. The van der Waals surface area contributed by atoms with Crippen LogP contribution in [0.5, 0.6) is 0 Å². The molecular weight excluding hydrogens is 192 g/mol. The van der Waals surface area contributed by atoms with Crippen LogP contribution in [0.25, 0.3) is 0 Å². The zero-order valence-electron chi connectivity index (χ0n) is 12.0. The maximum Gasteiger partial charge on any atom is -0.0272 e. The van der Waals surface area contributed by atoms with Crippen LogP contribution in [-0.2, 0) is 0 Å². The van der Waals surface area contributed by atoms with Crippen LogP contribution in [0.15, 0.2) is 0 Å². The Kier molecular flexibility index (Phi) is 5.86. The van der Waals surface area contributed by atoms with Crippen LogP contribution in [-0.4, -0.2) is 0 Å². The van der Waals surface area contributed by atoms with Gasteiger partial charge in [-0.3, -0.25) is 0 Å². The van der Waals surface area contributed by atoms with E-state index in [1.807, 2.05) is 0 Å².